The number of hydrogen-bond donors (Lipinski definition) is 1. The zero-order chi connectivity index (χ0) is 27.1. The average Bonchev–Trinajstić information content (AvgIpc) is 3.19. The molecule has 38 heavy (non-hydrogen) atoms. The van der Waals surface area contributed by atoms with Crippen LogP contribution >= 0.6 is 0 Å². The summed E-state index contributed by atoms with van der Waals surface area (Å²) in [7, 11) is 0. The van der Waals surface area contributed by atoms with Crippen LogP contribution in [-0.2, 0) is 16.2 Å². The number of nitrogens with zero attached hydrogens (tertiary/aromatic N) is 1. The number of Topliss-reactive ketones (excluding diaryl/α,β-unsaturated/α-hetero) is 1. The SMILES string of the molecule is CCCCN1C(=O)C(=O)/C(=C(\O)c2ccc(OCc3ccccc3)c(C)c2)C1c1ccc(OCCC)cc1. The highest BCUT2D eigenvalue weighted by molar-refractivity contribution is 6.46. The molecule has 0 bridgehead atoms. The van der Waals surface area contributed by atoms with Gasteiger partial charge in [0.1, 0.15) is 23.9 Å². The van der Waals surface area contributed by atoms with E-state index in [-0.39, 0.29) is 11.3 Å². The van der Waals surface area contributed by atoms with Gasteiger partial charge >= 0.3 is 0 Å². The molecule has 1 heterocycles. The summed E-state index contributed by atoms with van der Waals surface area (Å²) in [6.07, 6.45) is 2.53. The molecule has 0 radical (unpaired) electrons. The summed E-state index contributed by atoms with van der Waals surface area (Å²) >= 11 is 0. The van der Waals surface area contributed by atoms with Crippen molar-refractivity contribution < 1.29 is 24.2 Å². The molecule has 1 aliphatic rings. The van der Waals surface area contributed by atoms with Crippen molar-refractivity contribution in [2.45, 2.75) is 52.7 Å². The Morgan fingerprint density at radius 1 is 0.921 bits per heavy atom. The number of benzene rings is 3. The van der Waals surface area contributed by atoms with Crippen LogP contribution in [0.1, 0.15) is 61.4 Å². The molecule has 4 rings (SSSR count). The minimum absolute atomic E-state index is 0.102. The molecule has 1 aliphatic heterocycles. The van der Waals surface area contributed by atoms with Gasteiger partial charge in [-0.05, 0) is 66.8 Å². The second kappa shape index (κ2) is 12.5. The van der Waals surface area contributed by atoms with Gasteiger partial charge in [0.05, 0.1) is 18.2 Å². The molecule has 1 amide bonds. The maximum Gasteiger partial charge on any atom is 0.295 e. The topological polar surface area (TPSA) is 76.1 Å². The van der Waals surface area contributed by atoms with Gasteiger partial charge < -0.3 is 19.5 Å². The Balaban J connectivity index is 1.67. The van der Waals surface area contributed by atoms with Gasteiger partial charge in [-0.3, -0.25) is 9.59 Å². The lowest BCUT2D eigenvalue weighted by Crippen LogP contribution is -2.30. The number of carbonyl (C=O) groups is 2. The summed E-state index contributed by atoms with van der Waals surface area (Å²) in [5.41, 5.74) is 3.20. The lowest BCUT2D eigenvalue weighted by Gasteiger charge is -2.25. The molecule has 3 aromatic rings. The second-order valence-electron chi connectivity index (χ2n) is 9.52. The standard InChI is InChI=1S/C32H35NO5/c1-4-6-18-33-29(24-12-15-26(16-13-24)37-19-5-2)28(31(35)32(33)36)30(34)25-14-17-27(22(3)20-25)38-21-23-10-8-7-9-11-23/h7-17,20,29,34H,4-6,18-19,21H2,1-3H3/b30-28-. The highest BCUT2D eigenvalue weighted by Gasteiger charge is 2.45. The van der Waals surface area contributed by atoms with Crippen LogP contribution in [0.2, 0.25) is 0 Å². The van der Waals surface area contributed by atoms with Gasteiger partial charge in [0.25, 0.3) is 11.7 Å². The van der Waals surface area contributed by atoms with Gasteiger partial charge in [0.15, 0.2) is 0 Å². The van der Waals surface area contributed by atoms with Gasteiger partial charge in [-0.2, -0.15) is 0 Å². The van der Waals surface area contributed by atoms with E-state index in [9.17, 15) is 14.7 Å². The third-order valence-corrected chi connectivity index (χ3v) is 6.65. The molecular weight excluding hydrogens is 478 g/mol. The van der Waals surface area contributed by atoms with Crippen LogP contribution in [-0.4, -0.2) is 34.8 Å². The summed E-state index contributed by atoms with van der Waals surface area (Å²) < 4.78 is 11.7. The Bertz CT molecular complexity index is 1300. The van der Waals surface area contributed by atoms with Crippen LogP contribution in [0.15, 0.2) is 78.4 Å². The average molecular weight is 514 g/mol. The van der Waals surface area contributed by atoms with E-state index >= 15 is 0 Å². The van der Waals surface area contributed by atoms with Crippen LogP contribution in [0.4, 0.5) is 0 Å². The fraction of sp³-hybridized carbons (Fsp3) is 0.312. The minimum atomic E-state index is -0.670. The normalized spacial score (nSPS) is 16.6. The first kappa shape index (κ1) is 27.0. The fourth-order valence-electron chi connectivity index (χ4n) is 4.60. The van der Waals surface area contributed by atoms with Crippen LogP contribution in [0.5, 0.6) is 11.5 Å². The molecule has 3 aromatic carbocycles. The van der Waals surface area contributed by atoms with Gasteiger partial charge in [0.2, 0.25) is 0 Å². The number of hydrogen-bond acceptors (Lipinski definition) is 5. The van der Waals surface area contributed by atoms with Crippen LogP contribution < -0.4 is 9.47 Å². The first-order valence-corrected chi connectivity index (χ1v) is 13.2. The number of amides is 1. The molecule has 0 aliphatic carbocycles. The zero-order valence-corrected chi connectivity index (χ0v) is 22.3. The molecule has 1 saturated heterocycles. The van der Waals surface area contributed by atoms with Gasteiger partial charge in [-0.15, -0.1) is 0 Å². The molecule has 0 saturated carbocycles. The van der Waals surface area contributed by atoms with E-state index in [4.69, 9.17) is 9.47 Å². The monoisotopic (exact) mass is 513 g/mol. The molecule has 1 fully saturated rings. The number of unbranched alkanes of at least 4 members (excludes halogenated alkanes) is 1. The van der Waals surface area contributed by atoms with Crippen LogP contribution in [0, 0.1) is 6.92 Å². The van der Waals surface area contributed by atoms with Crippen molar-refractivity contribution in [2.75, 3.05) is 13.2 Å². The lowest BCUT2D eigenvalue weighted by atomic mass is 9.94. The molecule has 1 atom stereocenters. The highest BCUT2D eigenvalue weighted by Crippen LogP contribution is 2.40. The lowest BCUT2D eigenvalue weighted by molar-refractivity contribution is -0.139. The van der Waals surface area contributed by atoms with Crippen molar-refractivity contribution in [1.29, 1.82) is 0 Å². The van der Waals surface area contributed by atoms with E-state index < -0.39 is 17.7 Å². The molecular formula is C32H35NO5. The molecule has 1 N–H and O–H groups in total. The van der Waals surface area contributed by atoms with E-state index in [0.717, 1.165) is 41.7 Å². The van der Waals surface area contributed by atoms with Crippen molar-refractivity contribution >= 4 is 17.4 Å². The Hall–Kier alpha value is -4.06. The first-order chi connectivity index (χ1) is 18.4. The maximum absolute atomic E-state index is 13.2. The van der Waals surface area contributed by atoms with E-state index in [0.29, 0.717) is 31.1 Å². The molecule has 6 nitrogen and oxygen atoms in total. The van der Waals surface area contributed by atoms with E-state index in [1.807, 2.05) is 75.4 Å². The number of ketones is 1. The molecule has 1 unspecified atom stereocenters. The smallest absolute Gasteiger partial charge is 0.295 e. The molecule has 0 aromatic heterocycles. The van der Waals surface area contributed by atoms with Crippen molar-refractivity contribution in [3.63, 3.8) is 0 Å². The molecule has 0 spiro atoms. The summed E-state index contributed by atoms with van der Waals surface area (Å²) in [6, 6.07) is 21.9. The zero-order valence-electron chi connectivity index (χ0n) is 22.3. The Labute approximate surface area is 224 Å². The Morgan fingerprint density at radius 3 is 2.32 bits per heavy atom. The number of ether oxygens (including phenoxy) is 2. The van der Waals surface area contributed by atoms with Crippen molar-refractivity contribution in [3.05, 3.63) is 101 Å². The maximum atomic E-state index is 13.2. The van der Waals surface area contributed by atoms with Gasteiger partial charge in [-0.1, -0.05) is 62.7 Å². The summed E-state index contributed by atoms with van der Waals surface area (Å²) in [4.78, 5) is 27.9. The number of likely N-dealkylation sites (tertiary alicyclic amines) is 1. The van der Waals surface area contributed by atoms with E-state index in [2.05, 4.69) is 0 Å². The number of aryl methyl sites for hydroxylation is 1. The quantitative estimate of drug-likeness (QED) is 0.178. The minimum Gasteiger partial charge on any atom is -0.507 e. The number of carbonyl (C=O) groups excluding carboxylic acids is 2. The third-order valence-electron chi connectivity index (χ3n) is 6.65. The fourth-order valence-corrected chi connectivity index (χ4v) is 4.60. The summed E-state index contributed by atoms with van der Waals surface area (Å²) in [5.74, 6) is -0.0278. The van der Waals surface area contributed by atoms with E-state index in [1.165, 1.54) is 0 Å². The van der Waals surface area contributed by atoms with Gasteiger partial charge in [0, 0.05) is 12.1 Å². The highest BCUT2D eigenvalue weighted by atomic mass is 16.5. The summed E-state index contributed by atoms with van der Waals surface area (Å²) in [6.45, 7) is 7.44. The van der Waals surface area contributed by atoms with Crippen molar-refractivity contribution in [3.8, 4) is 11.5 Å². The predicted octanol–water partition coefficient (Wildman–Crippen LogP) is 6.58. The Kier molecular flexibility index (Phi) is 8.85. The number of rotatable bonds is 11. The van der Waals surface area contributed by atoms with Crippen LogP contribution in [0.3, 0.4) is 0 Å². The predicted molar refractivity (Wildman–Crippen MR) is 148 cm³/mol. The van der Waals surface area contributed by atoms with Crippen molar-refractivity contribution in [2.24, 2.45) is 0 Å². The number of aliphatic hydroxyl groups is 1. The Morgan fingerprint density at radius 2 is 1.66 bits per heavy atom. The first-order valence-electron chi connectivity index (χ1n) is 13.2. The second-order valence-corrected chi connectivity index (χ2v) is 9.52. The summed E-state index contributed by atoms with van der Waals surface area (Å²) in [5, 5.41) is 11.4. The largest absolute Gasteiger partial charge is 0.507 e. The third kappa shape index (κ3) is 5.91. The number of aliphatic hydroxyl groups excluding tert-OH is 1. The van der Waals surface area contributed by atoms with Crippen molar-refractivity contribution in [1.82, 2.24) is 4.90 Å². The van der Waals surface area contributed by atoms with E-state index in [1.54, 1.807) is 23.1 Å². The van der Waals surface area contributed by atoms with Gasteiger partial charge in [-0.25, -0.2) is 0 Å². The molecule has 198 valence electrons. The van der Waals surface area contributed by atoms with Crippen LogP contribution in [0.25, 0.3) is 5.76 Å². The molecule has 6 heteroatoms.